The van der Waals surface area contributed by atoms with Crippen LogP contribution in [0.2, 0.25) is 0 Å². The Labute approximate surface area is 133 Å². The predicted molar refractivity (Wildman–Crippen MR) is 94.5 cm³/mol. The van der Waals surface area contributed by atoms with Crippen LogP contribution in [-0.4, -0.2) is 50.6 Å². The number of nitrogens with zero attached hydrogens (tertiary/aromatic N) is 2. The molecular weight excluding hydrogens is 280 g/mol. The van der Waals surface area contributed by atoms with Gasteiger partial charge in [0, 0.05) is 43.0 Å². The summed E-state index contributed by atoms with van der Waals surface area (Å²) in [6.07, 6.45) is 0. The summed E-state index contributed by atoms with van der Waals surface area (Å²) in [5, 5.41) is 8.93. The van der Waals surface area contributed by atoms with E-state index in [2.05, 4.69) is 72.8 Å². The molecule has 0 fully saturated rings. The summed E-state index contributed by atoms with van der Waals surface area (Å²) in [6.45, 7) is 11.7. The number of rotatable bonds is 7. The first-order valence-electron chi connectivity index (χ1n) is 7.55. The summed E-state index contributed by atoms with van der Waals surface area (Å²) in [4.78, 5) is 8.00. The lowest BCUT2D eigenvalue weighted by atomic mass is 9.91. The molecule has 0 saturated heterocycles. The molecule has 120 valence electrons. The fraction of sp³-hybridized carbons (Fsp3) is 0.688. The Morgan fingerprint density at radius 1 is 1.38 bits per heavy atom. The lowest BCUT2D eigenvalue weighted by Crippen LogP contribution is -2.45. The minimum absolute atomic E-state index is 0.112. The molecule has 1 heterocycles. The molecule has 0 amide bonds. The molecule has 4 nitrogen and oxygen atoms in total. The molecule has 1 aromatic rings. The van der Waals surface area contributed by atoms with Crippen molar-refractivity contribution in [2.24, 2.45) is 4.99 Å². The maximum atomic E-state index is 4.29. The van der Waals surface area contributed by atoms with Gasteiger partial charge >= 0.3 is 0 Å². The highest BCUT2D eigenvalue weighted by molar-refractivity contribution is 7.10. The van der Waals surface area contributed by atoms with Gasteiger partial charge in [0.15, 0.2) is 5.96 Å². The largest absolute Gasteiger partial charge is 0.356 e. The maximum Gasteiger partial charge on any atom is 0.191 e. The van der Waals surface area contributed by atoms with E-state index in [9.17, 15) is 0 Å². The number of nitrogens with one attached hydrogen (secondary N) is 2. The van der Waals surface area contributed by atoms with Crippen molar-refractivity contribution in [1.29, 1.82) is 0 Å². The van der Waals surface area contributed by atoms with Crippen molar-refractivity contribution in [2.75, 3.05) is 33.7 Å². The zero-order valence-corrected chi connectivity index (χ0v) is 15.0. The lowest BCUT2D eigenvalue weighted by Gasteiger charge is -2.26. The molecule has 0 atom stereocenters. The Balaban J connectivity index is 2.38. The highest BCUT2D eigenvalue weighted by Gasteiger charge is 2.21. The van der Waals surface area contributed by atoms with Gasteiger partial charge < -0.3 is 15.5 Å². The van der Waals surface area contributed by atoms with E-state index in [0.717, 1.165) is 25.6 Å². The Kier molecular flexibility index (Phi) is 7.18. The molecule has 0 unspecified atom stereocenters. The van der Waals surface area contributed by atoms with Crippen molar-refractivity contribution >= 4 is 17.3 Å². The monoisotopic (exact) mass is 310 g/mol. The first-order chi connectivity index (χ1) is 9.86. The van der Waals surface area contributed by atoms with E-state index in [0.29, 0.717) is 6.04 Å². The molecule has 0 aliphatic heterocycles. The molecule has 1 rings (SSSR count). The third-order valence-electron chi connectivity index (χ3n) is 3.75. The molecule has 0 bridgehead atoms. The highest BCUT2D eigenvalue weighted by atomic mass is 32.1. The first-order valence-corrected chi connectivity index (χ1v) is 8.43. The van der Waals surface area contributed by atoms with Crippen molar-refractivity contribution in [1.82, 2.24) is 15.5 Å². The fourth-order valence-corrected chi connectivity index (χ4v) is 2.74. The van der Waals surface area contributed by atoms with Crippen molar-refractivity contribution in [3.63, 3.8) is 0 Å². The Morgan fingerprint density at radius 3 is 2.62 bits per heavy atom. The smallest absolute Gasteiger partial charge is 0.191 e. The van der Waals surface area contributed by atoms with Crippen molar-refractivity contribution < 1.29 is 0 Å². The van der Waals surface area contributed by atoms with E-state index in [1.807, 2.05) is 18.4 Å². The van der Waals surface area contributed by atoms with Crippen LogP contribution in [0.1, 0.15) is 32.6 Å². The lowest BCUT2D eigenvalue weighted by molar-refractivity contribution is 0.278. The van der Waals surface area contributed by atoms with Crippen molar-refractivity contribution in [3.8, 4) is 0 Å². The Hall–Kier alpha value is -1.07. The van der Waals surface area contributed by atoms with E-state index in [1.165, 1.54) is 4.88 Å². The molecule has 0 aliphatic rings. The standard InChI is InChI=1S/C16H30N4S/c1-13(2)20(6)10-9-18-15(17-5)19-12-16(3,4)14-8-7-11-21-14/h7-8,11,13H,9-10,12H2,1-6H3,(H2,17,18,19). The Morgan fingerprint density at radius 2 is 2.10 bits per heavy atom. The molecule has 0 radical (unpaired) electrons. The van der Waals surface area contributed by atoms with E-state index in [4.69, 9.17) is 0 Å². The molecule has 0 aromatic carbocycles. The number of aliphatic imine (C=N–C) groups is 1. The second-order valence-corrected chi connectivity index (χ2v) is 7.24. The first kappa shape index (κ1) is 18.0. The third-order valence-corrected chi connectivity index (χ3v) is 4.98. The summed E-state index contributed by atoms with van der Waals surface area (Å²) in [5.41, 5.74) is 0.112. The van der Waals surface area contributed by atoms with Gasteiger partial charge in [-0.05, 0) is 32.3 Å². The molecule has 21 heavy (non-hydrogen) atoms. The van der Waals surface area contributed by atoms with Gasteiger partial charge in [0.25, 0.3) is 0 Å². The molecule has 2 N–H and O–H groups in total. The van der Waals surface area contributed by atoms with Gasteiger partial charge in [-0.25, -0.2) is 0 Å². The second-order valence-electron chi connectivity index (χ2n) is 6.29. The van der Waals surface area contributed by atoms with Crippen LogP contribution in [0.25, 0.3) is 0 Å². The van der Waals surface area contributed by atoms with E-state index < -0.39 is 0 Å². The van der Waals surface area contributed by atoms with Gasteiger partial charge in [-0.1, -0.05) is 19.9 Å². The van der Waals surface area contributed by atoms with Crippen LogP contribution in [0.5, 0.6) is 0 Å². The van der Waals surface area contributed by atoms with Crippen LogP contribution < -0.4 is 10.6 Å². The summed E-state index contributed by atoms with van der Waals surface area (Å²) in [7, 11) is 3.96. The summed E-state index contributed by atoms with van der Waals surface area (Å²) >= 11 is 1.81. The number of hydrogen-bond acceptors (Lipinski definition) is 3. The SMILES string of the molecule is CN=C(NCCN(C)C(C)C)NCC(C)(C)c1cccs1. The third kappa shape index (κ3) is 6.06. The van der Waals surface area contributed by atoms with Crippen molar-refractivity contribution in [3.05, 3.63) is 22.4 Å². The zero-order chi connectivity index (χ0) is 15.9. The van der Waals surface area contributed by atoms with Gasteiger partial charge in [-0.2, -0.15) is 0 Å². The van der Waals surface area contributed by atoms with Gasteiger partial charge in [0.2, 0.25) is 0 Å². The van der Waals surface area contributed by atoms with Crippen LogP contribution in [0, 0.1) is 0 Å². The fourth-order valence-electron chi connectivity index (χ4n) is 1.88. The second kappa shape index (κ2) is 8.39. The van der Waals surface area contributed by atoms with Crippen LogP contribution in [0.15, 0.2) is 22.5 Å². The maximum absolute atomic E-state index is 4.29. The summed E-state index contributed by atoms with van der Waals surface area (Å²) < 4.78 is 0. The topological polar surface area (TPSA) is 39.7 Å². The van der Waals surface area contributed by atoms with Gasteiger partial charge in [-0.3, -0.25) is 4.99 Å². The molecule has 5 heteroatoms. The molecule has 0 aliphatic carbocycles. The van der Waals surface area contributed by atoms with Crippen LogP contribution >= 0.6 is 11.3 Å². The predicted octanol–water partition coefficient (Wildman–Crippen LogP) is 2.53. The molecule has 0 saturated carbocycles. The highest BCUT2D eigenvalue weighted by Crippen LogP contribution is 2.26. The average molecular weight is 311 g/mol. The molecule has 1 aromatic heterocycles. The van der Waals surface area contributed by atoms with Gasteiger partial charge in [-0.15, -0.1) is 11.3 Å². The summed E-state index contributed by atoms with van der Waals surface area (Å²) in [5.74, 6) is 0.872. The summed E-state index contributed by atoms with van der Waals surface area (Å²) in [6, 6.07) is 4.87. The van der Waals surface area contributed by atoms with Crippen LogP contribution in [0.3, 0.4) is 0 Å². The number of guanidine groups is 1. The average Bonchev–Trinajstić information content (AvgIpc) is 2.97. The van der Waals surface area contributed by atoms with E-state index in [1.54, 1.807) is 0 Å². The minimum atomic E-state index is 0.112. The van der Waals surface area contributed by atoms with Crippen molar-refractivity contribution in [2.45, 2.75) is 39.2 Å². The van der Waals surface area contributed by atoms with E-state index in [-0.39, 0.29) is 5.41 Å². The quantitative estimate of drug-likeness (QED) is 0.600. The van der Waals surface area contributed by atoms with Crippen LogP contribution in [0.4, 0.5) is 0 Å². The number of thiophene rings is 1. The minimum Gasteiger partial charge on any atom is -0.356 e. The zero-order valence-electron chi connectivity index (χ0n) is 14.2. The number of hydrogen-bond donors (Lipinski definition) is 2. The molecule has 0 spiro atoms. The van der Waals surface area contributed by atoms with Gasteiger partial charge in [0.1, 0.15) is 0 Å². The van der Waals surface area contributed by atoms with Crippen LogP contribution in [-0.2, 0) is 5.41 Å². The normalized spacial score (nSPS) is 13.0. The Bertz CT molecular complexity index is 423. The van der Waals surface area contributed by atoms with E-state index >= 15 is 0 Å². The molecular formula is C16H30N4S. The number of likely N-dealkylation sites (N-methyl/N-ethyl adjacent to an activating group) is 1. The van der Waals surface area contributed by atoms with Gasteiger partial charge in [0.05, 0.1) is 0 Å².